The van der Waals surface area contributed by atoms with E-state index in [1.807, 2.05) is 6.07 Å². The molecule has 1 aliphatic carbocycles. The first kappa shape index (κ1) is 18.0. The van der Waals surface area contributed by atoms with Crippen LogP contribution in [0.1, 0.15) is 42.0 Å². The SMILES string of the molecule is CN[C@@H](Cc1cc(F)cc(F)c1)ONC1CCCCc2ccccc21. The number of aryl methyl sites for hydroxylation is 1. The van der Waals surface area contributed by atoms with Crippen molar-refractivity contribution >= 4 is 0 Å². The second kappa shape index (κ2) is 8.52. The van der Waals surface area contributed by atoms with Gasteiger partial charge >= 0.3 is 0 Å². The van der Waals surface area contributed by atoms with Crippen LogP contribution in [0.4, 0.5) is 8.78 Å². The largest absolute Gasteiger partial charge is 0.293 e. The predicted molar refractivity (Wildman–Crippen MR) is 93.9 cm³/mol. The molecule has 0 radical (unpaired) electrons. The lowest BCUT2D eigenvalue weighted by Gasteiger charge is -2.23. The maximum atomic E-state index is 13.4. The molecule has 134 valence electrons. The van der Waals surface area contributed by atoms with E-state index in [2.05, 4.69) is 29.0 Å². The third-order valence-corrected chi connectivity index (χ3v) is 4.64. The van der Waals surface area contributed by atoms with Gasteiger partial charge in [-0.2, -0.15) is 5.48 Å². The standard InChI is InChI=1S/C20H24F2N2O/c1-23-20(12-14-10-16(21)13-17(22)11-14)25-24-19-9-5-3-7-15-6-2-4-8-18(15)19/h2,4,6,8,10-11,13,19-20,23-24H,3,5,7,9,12H2,1H3/t19?,20-/m1/s1. The number of likely N-dealkylation sites (N-methyl/N-ethyl adjacent to an activating group) is 1. The first-order chi connectivity index (χ1) is 12.2. The molecule has 0 saturated heterocycles. The van der Waals surface area contributed by atoms with Crippen LogP contribution in [0.15, 0.2) is 42.5 Å². The highest BCUT2D eigenvalue weighted by atomic mass is 19.1. The van der Waals surface area contributed by atoms with Crippen LogP contribution in [0, 0.1) is 11.6 Å². The summed E-state index contributed by atoms with van der Waals surface area (Å²) < 4.78 is 26.7. The van der Waals surface area contributed by atoms with Gasteiger partial charge in [0.05, 0.1) is 6.04 Å². The number of benzene rings is 2. The average molecular weight is 346 g/mol. The van der Waals surface area contributed by atoms with Crippen LogP contribution in [0.2, 0.25) is 0 Å². The highest BCUT2D eigenvalue weighted by Gasteiger charge is 2.20. The van der Waals surface area contributed by atoms with Crippen molar-refractivity contribution in [2.24, 2.45) is 0 Å². The third-order valence-electron chi connectivity index (χ3n) is 4.64. The van der Waals surface area contributed by atoms with Crippen LogP contribution in [-0.2, 0) is 17.7 Å². The van der Waals surface area contributed by atoms with E-state index in [1.165, 1.54) is 29.7 Å². The van der Waals surface area contributed by atoms with Gasteiger partial charge in [-0.1, -0.05) is 30.7 Å². The first-order valence-corrected chi connectivity index (χ1v) is 8.77. The van der Waals surface area contributed by atoms with Crippen LogP contribution in [0.25, 0.3) is 0 Å². The molecule has 0 aliphatic heterocycles. The summed E-state index contributed by atoms with van der Waals surface area (Å²) in [5.41, 5.74) is 6.35. The van der Waals surface area contributed by atoms with Crippen molar-refractivity contribution in [2.45, 2.75) is 44.4 Å². The topological polar surface area (TPSA) is 33.3 Å². The van der Waals surface area contributed by atoms with E-state index in [0.29, 0.717) is 12.0 Å². The van der Waals surface area contributed by atoms with Crippen LogP contribution < -0.4 is 10.8 Å². The van der Waals surface area contributed by atoms with Gasteiger partial charge in [-0.3, -0.25) is 10.2 Å². The van der Waals surface area contributed by atoms with Crippen molar-refractivity contribution in [3.8, 4) is 0 Å². The first-order valence-electron chi connectivity index (χ1n) is 8.77. The summed E-state index contributed by atoms with van der Waals surface area (Å²) in [5, 5.41) is 3.04. The number of nitrogens with one attached hydrogen (secondary N) is 2. The Morgan fingerprint density at radius 1 is 1.12 bits per heavy atom. The molecule has 2 N–H and O–H groups in total. The number of hydrogen-bond donors (Lipinski definition) is 2. The second-order valence-corrected chi connectivity index (χ2v) is 6.49. The molecule has 0 fully saturated rings. The Kier molecular flexibility index (Phi) is 6.13. The van der Waals surface area contributed by atoms with E-state index in [-0.39, 0.29) is 12.3 Å². The Hall–Kier alpha value is -1.82. The van der Waals surface area contributed by atoms with Gasteiger partial charge in [-0.15, -0.1) is 0 Å². The Bertz CT molecular complexity index is 688. The Morgan fingerprint density at radius 2 is 1.88 bits per heavy atom. The highest BCUT2D eigenvalue weighted by molar-refractivity contribution is 5.30. The summed E-state index contributed by atoms with van der Waals surface area (Å²) in [6.07, 6.45) is 4.39. The molecular formula is C20H24F2N2O. The van der Waals surface area contributed by atoms with Crippen molar-refractivity contribution in [1.82, 2.24) is 10.8 Å². The fraction of sp³-hybridized carbons (Fsp3) is 0.400. The summed E-state index contributed by atoms with van der Waals surface area (Å²) in [7, 11) is 1.77. The minimum absolute atomic E-state index is 0.124. The number of hydroxylamine groups is 1. The molecular weight excluding hydrogens is 322 g/mol. The number of halogens is 2. The maximum Gasteiger partial charge on any atom is 0.133 e. The molecule has 0 amide bonds. The Morgan fingerprint density at radius 3 is 2.64 bits per heavy atom. The van der Waals surface area contributed by atoms with Gasteiger partial charge in [0, 0.05) is 12.5 Å². The zero-order valence-corrected chi connectivity index (χ0v) is 14.4. The second-order valence-electron chi connectivity index (χ2n) is 6.49. The maximum absolute atomic E-state index is 13.4. The summed E-state index contributed by atoms with van der Waals surface area (Å²) in [6, 6.07) is 12.1. The lowest BCUT2D eigenvalue weighted by molar-refractivity contribution is -0.0583. The smallest absolute Gasteiger partial charge is 0.133 e. The zero-order valence-electron chi connectivity index (χ0n) is 14.4. The van der Waals surface area contributed by atoms with E-state index in [9.17, 15) is 8.78 Å². The van der Waals surface area contributed by atoms with Gasteiger partial charge in [0.2, 0.25) is 0 Å². The number of rotatable bonds is 6. The molecule has 0 saturated carbocycles. The summed E-state index contributed by atoms with van der Waals surface area (Å²) in [4.78, 5) is 5.82. The minimum atomic E-state index is -0.574. The van der Waals surface area contributed by atoms with Crippen molar-refractivity contribution in [1.29, 1.82) is 0 Å². The van der Waals surface area contributed by atoms with Crippen LogP contribution in [0.3, 0.4) is 0 Å². The van der Waals surface area contributed by atoms with Gasteiger partial charge in [0.15, 0.2) is 0 Å². The number of hydrogen-bond acceptors (Lipinski definition) is 3. The van der Waals surface area contributed by atoms with Crippen molar-refractivity contribution in [3.63, 3.8) is 0 Å². The normalized spacial score (nSPS) is 18.4. The van der Waals surface area contributed by atoms with Crippen molar-refractivity contribution in [2.75, 3.05) is 7.05 Å². The molecule has 1 aliphatic rings. The fourth-order valence-corrected chi connectivity index (χ4v) is 3.35. The Balaban J connectivity index is 1.64. The van der Waals surface area contributed by atoms with Gasteiger partial charge in [0.25, 0.3) is 0 Å². The number of fused-ring (bicyclic) bond motifs is 1. The Labute approximate surface area is 147 Å². The molecule has 3 rings (SSSR count). The van der Waals surface area contributed by atoms with Crippen LogP contribution in [-0.4, -0.2) is 13.3 Å². The lowest BCUT2D eigenvalue weighted by Crippen LogP contribution is -2.37. The lowest BCUT2D eigenvalue weighted by atomic mass is 10.00. The highest BCUT2D eigenvalue weighted by Crippen LogP contribution is 2.28. The molecule has 5 heteroatoms. The summed E-state index contributed by atoms with van der Waals surface area (Å²) in [6.45, 7) is 0. The van der Waals surface area contributed by atoms with Crippen molar-refractivity contribution < 1.29 is 13.6 Å². The van der Waals surface area contributed by atoms with E-state index in [1.54, 1.807) is 7.05 Å². The molecule has 2 aromatic carbocycles. The monoisotopic (exact) mass is 346 g/mol. The molecule has 25 heavy (non-hydrogen) atoms. The molecule has 0 bridgehead atoms. The van der Waals surface area contributed by atoms with Gasteiger partial charge in [-0.25, -0.2) is 8.78 Å². The van der Waals surface area contributed by atoms with Gasteiger partial charge in [-0.05, 0) is 55.1 Å². The molecule has 3 nitrogen and oxygen atoms in total. The van der Waals surface area contributed by atoms with E-state index in [0.717, 1.165) is 25.3 Å². The van der Waals surface area contributed by atoms with E-state index >= 15 is 0 Å². The van der Waals surface area contributed by atoms with Crippen LogP contribution in [0.5, 0.6) is 0 Å². The van der Waals surface area contributed by atoms with E-state index in [4.69, 9.17) is 4.84 Å². The quantitative estimate of drug-likeness (QED) is 0.470. The molecule has 2 aromatic rings. The average Bonchev–Trinajstić information content (AvgIpc) is 2.80. The minimum Gasteiger partial charge on any atom is -0.293 e. The summed E-state index contributed by atoms with van der Waals surface area (Å²) >= 11 is 0. The third kappa shape index (κ3) is 4.84. The predicted octanol–water partition coefficient (Wildman–Crippen LogP) is 4.04. The summed E-state index contributed by atoms with van der Waals surface area (Å²) in [5.74, 6) is -1.15. The zero-order chi connectivity index (χ0) is 17.6. The molecule has 1 unspecified atom stereocenters. The van der Waals surface area contributed by atoms with Gasteiger partial charge in [0.1, 0.15) is 17.9 Å². The molecule has 0 aromatic heterocycles. The molecule has 0 spiro atoms. The van der Waals surface area contributed by atoms with Crippen molar-refractivity contribution in [3.05, 3.63) is 70.8 Å². The van der Waals surface area contributed by atoms with Gasteiger partial charge < -0.3 is 0 Å². The van der Waals surface area contributed by atoms with Crippen LogP contribution >= 0.6 is 0 Å². The molecule has 0 heterocycles. The molecule has 2 atom stereocenters. The van der Waals surface area contributed by atoms with E-state index < -0.39 is 11.6 Å². The fourth-order valence-electron chi connectivity index (χ4n) is 3.35.